The van der Waals surface area contributed by atoms with Crippen molar-refractivity contribution in [1.82, 2.24) is 14.2 Å². The summed E-state index contributed by atoms with van der Waals surface area (Å²) in [6.45, 7) is 3.78. The van der Waals surface area contributed by atoms with E-state index in [2.05, 4.69) is 16.0 Å². The van der Waals surface area contributed by atoms with E-state index in [0.717, 1.165) is 30.5 Å². The Labute approximate surface area is 126 Å². The average Bonchev–Trinajstić information content (AvgIpc) is 3.20. The van der Waals surface area contributed by atoms with Gasteiger partial charge in [0.1, 0.15) is 4.90 Å². The van der Waals surface area contributed by atoms with Crippen LogP contribution in [0.2, 0.25) is 0 Å². The van der Waals surface area contributed by atoms with Crippen LogP contribution in [0.4, 0.5) is 0 Å². The van der Waals surface area contributed by atoms with E-state index >= 15 is 0 Å². The zero-order valence-corrected chi connectivity index (χ0v) is 13.5. The van der Waals surface area contributed by atoms with Gasteiger partial charge in [-0.3, -0.25) is 0 Å². The smallest absolute Gasteiger partial charge is 0.244 e. The SMILES string of the molecule is CNCc1cc(S(=O)(=O)N2CCC=C(C)C2)cn1C1CC1. The zero-order valence-electron chi connectivity index (χ0n) is 12.7. The predicted octanol–water partition coefficient (Wildman–Crippen LogP) is 1.88. The predicted molar refractivity (Wildman–Crippen MR) is 82.6 cm³/mol. The zero-order chi connectivity index (χ0) is 15.0. The molecule has 1 aliphatic heterocycles. The normalized spacial score (nSPS) is 20.6. The molecule has 1 aromatic heterocycles. The Kier molecular flexibility index (Phi) is 3.94. The molecule has 0 amide bonds. The van der Waals surface area contributed by atoms with Gasteiger partial charge in [-0.15, -0.1) is 0 Å². The molecule has 0 spiro atoms. The lowest BCUT2D eigenvalue weighted by Gasteiger charge is -2.24. The van der Waals surface area contributed by atoms with Crippen LogP contribution in [0.3, 0.4) is 0 Å². The van der Waals surface area contributed by atoms with Gasteiger partial charge in [-0.05, 0) is 39.3 Å². The van der Waals surface area contributed by atoms with Crippen molar-refractivity contribution in [1.29, 1.82) is 0 Å². The van der Waals surface area contributed by atoms with Gasteiger partial charge in [-0.25, -0.2) is 8.42 Å². The van der Waals surface area contributed by atoms with E-state index in [1.807, 2.05) is 26.2 Å². The lowest BCUT2D eigenvalue weighted by atomic mass is 10.2. The van der Waals surface area contributed by atoms with Crippen LogP contribution in [0.5, 0.6) is 0 Å². The highest BCUT2D eigenvalue weighted by Crippen LogP contribution is 2.37. The highest BCUT2D eigenvalue weighted by atomic mass is 32.2. The molecule has 0 unspecified atom stereocenters. The first kappa shape index (κ1) is 14.8. The van der Waals surface area contributed by atoms with Gasteiger partial charge in [0.25, 0.3) is 0 Å². The number of rotatable bonds is 5. The van der Waals surface area contributed by atoms with Crippen LogP contribution in [0.25, 0.3) is 0 Å². The fraction of sp³-hybridized carbons (Fsp3) is 0.600. The van der Waals surface area contributed by atoms with Crippen molar-refractivity contribution in [2.24, 2.45) is 0 Å². The van der Waals surface area contributed by atoms with Gasteiger partial charge in [-0.2, -0.15) is 4.31 Å². The molecule has 21 heavy (non-hydrogen) atoms. The van der Waals surface area contributed by atoms with E-state index < -0.39 is 10.0 Å². The highest BCUT2D eigenvalue weighted by Gasteiger charge is 2.31. The van der Waals surface area contributed by atoms with Crippen LogP contribution in [-0.4, -0.2) is 37.4 Å². The Morgan fingerprint density at radius 2 is 2.14 bits per heavy atom. The van der Waals surface area contributed by atoms with E-state index in [1.54, 1.807) is 4.31 Å². The number of hydrogen-bond acceptors (Lipinski definition) is 3. The van der Waals surface area contributed by atoms with Crippen LogP contribution in [0.15, 0.2) is 28.8 Å². The Bertz CT molecular complexity index is 656. The topological polar surface area (TPSA) is 54.3 Å². The Balaban J connectivity index is 1.91. The second-order valence-electron chi connectivity index (χ2n) is 6.01. The molecule has 1 fully saturated rings. The summed E-state index contributed by atoms with van der Waals surface area (Å²) in [7, 11) is -1.49. The van der Waals surface area contributed by atoms with Crippen LogP contribution in [0.1, 0.15) is 37.9 Å². The fourth-order valence-corrected chi connectivity index (χ4v) is 4.43. The van der Waals surface area contributed by atoms with Gasteiger partial charge in [0.05, 0.1) is 0 Å². The maximum Gasteiger partial charge on any atom is 0.244 e. The molecule has 116 valence electrons. The van der Waals surface area contributed by atoms with Gasteiger partial charge >= 0.3 is 0 Å². The third-order valence-electron chi connectivity index (χ3n) is 4.14. The number of hydrogen-bond donors (Lipinski definition) is 1. The third-order valence-corrected chi connectivity index (χ3v) is 5.95. The van der Waals surface area contributed by atoms with Gasteiger partial charge in [0.15, 0.2) is 0 Å². The van der Waals surface area contributed by atoms with Gasteiger partial charge in [-0.1, -0.05) is 11.6 Å². The molecule has 0 atom stereocenters. The van der Waals surface area contributed by atoms with Crippen LogP contribution >= 0.6 is 0 Å². The van der Waals surface area contributed by atoms with Crippen molar-refractivity contribution in [3.63, 3.8) is 0 Å². The summed E-state index contributed by atoms with van der Waals surface area (Å²) in [6.07, 6.45) is 7.05. The number of sulfonamides is 1. The van der Waals surface area contributed by atoms with E-state index in [0.29, 0.717) is 30.6 Å². The minimum Gasteiger partial charge on any atom is -0.346 e. The van der Waals surface area contributed by atoms with Crippen molar-refractivity contribution in [3.8, 4) is 0 Å². The molecule has 1 aromatic rings. The molecule has 1 saturated carbocycles. The first-order valence-corrected chi connectivity index (χ1v) is 8.97. The molecule has 6 heteroatoms. The van der Waals surface area contributed by atoms with E-state index in [4.69, 9.17) is 0 Å². The molecule has 3 rings (SSSR count). The first-order chi connectivity index (χ1) is 10.0. The van der Waals surface area contributed by atoms with Gasteiger partial charge < -0.3 is 9.88 Å². The first-order valence-electron chi connectivity index (χ1n) is 7.53. The Morgan fingerprint density at radius 1 is 1.38 bits per heavy atom. The summed E-state index contributed by atoms with van der Waals surface area (Å²) in [4.78, 5) is 0.439. The minimum atomic E-state index is -3.38. The molecule has 5 nitrogen and oxygen atoms in total. The minimum absolute atomic E-state index is 0.439. The highest BCUT2D eigenvalue weighted by molar-refractivity contribution is 7.89. The Hall–Kier alpha value is -1.11. The summed E-state index contributed by atoms with van der Waals surface area (Å²) in [5.41, 5.74) is 2.18. The summed E-state index contributed by atoms with van der Waals surface area (Å²) in [5, 5.41) is 3.12. The molecule has 0 aromatic carbocycles. The van der Waals surface area contributed by atoms with Crippen molar-refractivity contribution >= 4 is 10.0 Å². The Morgan fingerprint density at radius 3 is 2.76 bits per heavy atom. The number of nitrogens with zero attached hydrogens (tertiary/aromatic N) is 2. The second-order valence-corrected chi connectivity index (χ2v) is 7.95. The molecule has 0 saturated heterocycles. The molecular weight excluding hydrogens is 286 g/mol. The lowest BCUT2D eigenvalue weighted by Crippen LogP contribution is -2.35. The maximum absolute atomic E-state index is 12.8. The molecule has 2 aliphatic rings. The van der Waals surface area contributed by atoms with Gasteiger partial charge in [0, 0.05) is 37.6 Å². The number of aromatic nitrogens is 1. The van der Waals surface area contributed by atoms with E-state index in [9.17, 15) is 8.42 Å². The van der Waals surface area contributed by atoms with E-state index in [-0.39, 0.29) is 0 Å². The number of nitrogens with one attached hydrogen (secondary N) is 1. The maximum atomic E-state index is 12.8. The average molecular weight is 309 g/mol. The second kappa shape index (κ2) is 5.59. The molecular formula is C15H23N3O2S. The largest absolute Gasteiger partial charge is 0.346 e. The van der Waals surface area contributed by atoms with Crippen molar-refractivity contribution in [3.05, 3.63) is 29.6 Å². The van der Waals surface area contributed by atoms with Crippen molar-refractivity contribution in [2.45, 2.75) is 43.7 Å². The molecule has 1 aliphatic carbocycles. The molecule has 2 heterocycles. The summed E-state index contributed by atoms with van der Waals surface area (Å²) in [5.74, 6) is 0. The van der Waals surface area contributed by atoms with Crippen molar-refractivity contribution < 1.29 is 8.42 Å². The van der Waals surface area contributed by atoms with Crippen LogP contribution in [0, 0.1) is 0 Å². The van der Waals surface area contributed by atoms with Gasteiger partial charge in [0.2, 0.25) is 10.0 Å². The van der Waals surface area contributed by atoms with Crippen LogP contribution in [-0.2, 0) is 16.6 Å². The molecule has 0 radical (unpaired) electrons. The summed E-state index contributed by atoms with van der Waals surface area (Å²) >= 11 is 0. The van der Waals surface area contributed by atoms with E-state index in [1.165, 1.54) is 0 Å². The molecule has 0 bridgehead atoms. The van der Waals surface area contributed by atoms with Crippen LogP contribution < -0.4 is 5.32 Å². The standard InChI is InChI=1S/C15H23N3O2S/c1-12-4-3-7-17(10-12)21(19,20)15-8-14(9-16-2)18(11-15)13-5-6-13/h4,8,11,13,16H,3,5-7,9-10H2,1-2H3. The fourth-order valence-electron chi connectivity index (χ4n) is 2.88. The lowest BCUT2D eigenvalue weighted by molar-refractivity contribution is 0.428. The summed E-state index contributed by atoms with van der Waals surface area (Å²) < 4.78 is 29.4. The monoisotopic (exact) mass is 309 g/mol. The van der Waals surface area contributed by atoms with Crippen molar-refractivity contribution in [2.75, 3.05) is 20.1 Å². The summed E-state index contributed by atoms with van der Waals surface area (Å²) in [6, 6.07) is 2.32. The third kappa shape index (κ3) is 2.93. The quantitative estimate of drug-likeness (QED) is 0.845. The molecule has 1 N–H and O–H groups in total.